The number of nitrogens with zero attached hydrogens (tertiary/aromatic N) is 7. The minimum atomic E-state index is -1.06. The normalized spacial score (nSPS) is 9.67. The maximum Gasteiger partial charge on any atom is 1.00 e. The second-order valence-electron chi connectivity index (χ2n) is 20.9. The van der Waals surface area contributed by atoms with Gasteiger partial charge in [0.1, 0.15) is 11.1 Å². The molecule has 0 unspecified atom stereocenters. The molecule has 109 heavy (non-hydrogen) atoms. The van der Waals surface area contributed by atoms with Crippen molar-refractivity contribution in [3.63, 3.8) is 0 Å². The molecular formula is C70H59Cl4I5LiN10NaO18. The number of fused-ring (bicyclic) bond motifs is 4. The molecule has 0 fully saturated rings. The predicted octanol–water partition coefficient (Wildman–Crippen LogP) is 11.7. The van der Waals surface area contributed by atoms with E-state index in [2.05, 4.69) is 127 Å². The van der Waals surface area contributed by atoms with Gasteiger partial charge in [-0.25, -0.2) is 24.0 Å². The summed E-state index contributed by atoms with van der Waals surface area (Å²) < 4.78 is 23.2. The van der Waals surface area contributed by atoms with Crippen LogP contribution < -0.4 is 54.2 Å². The zero-order valence-electron chi connectivity index (χ0n) is 59.0. The Morgan fingerprint density at radius 3 is 1.28 bits per heavy atom. The number of hydrogen-bond acceptors (Lipinski definition) is 22. The number of aromatic carboxylic acids is 1. The van der Waals surface area contributed by atoms with E-state index < -0.39 is 23.2 Å². The number of hydrogen-bond donors (Lipinski definition) is 5. The molecule has 7 N–H and O–H groups in total. The first-order valence-corrected chi connectivity index (χ1v) is 40.5. The number of methoxy groups -OCH3 is 4. The zero-order valence-corrected chi connectivity index (χ0v) is 74.8. The van der Waals surface area contributed by atoms with E-state index >= 15 is 0 Å². The van der Waals surface area contributed by atoms with Crippen molar-refractivity contribution in [2.75, 3.05) is 34.2 Å². The molecule has 562 valence electrons. The third kappa shape index (κ3) is 28.3. The average Bonchev–Trinajstić information content (AvgIpc) is 1.64. The third-order valence-corrected chi connectivity index (χ3v) is 17.7. The van der Waals surface area contributed by atoms with Crippen LogP contribution in [-0.2, 0) is 23.7 Å². The molecular weight excluding hydrogens is 2080 g/mol. The van der Waals surface area contributed by atoms with Crippen molar-refractivity contribution < 1.29 is 126 Å². The van der Waals surface area contributed by atoms with Crippen molar-refractivity contribution in [1.82, 2.24) is 40.0 Å². The predicted molar refractivity (Wildman–Crippen MR) is 448 cm³/mol. The van der Waals surface area contributed by atoms with Crippen molar-refractivity contribution in [1.29, 1.82) is 0 Å². The number of aromatic nitrogens is 8. The van der Waals surface area contributed by atoms with Crippen molar-refractivity contribution in [3.05, 3.63) is 255 Å². The van der Waals surface area contributed by atoms with Crippen LogP contribution in [-0.4, -0.2) is 137 Å². The first-order valence-electron chi connectivity index (χ1n) is 29.5. The molecule has 0 aliphatic rings. The van der Waals surface area contributed by atoms with E-state index in [0.29, 0.717) is 83.5 Å². The summed E-state index contributed by atoms with van der Waals surface area (Å²) in [6, 6.07) is 40.9. The fraction of sp³-hybridized carbons (Fsp3) is 0.129. The molecule has 8 aromatic carbocycles. The Labute approximate surface area is 739 Å². The van der Waals surface area contributed by atoms with E-state index in [0.717, 1.165) is 65.4 Å². The number of H-pyrrole nitrogens is 2. The van der Waals surface area contributed by atoms with Crippen LogP contribution >= 0.6 is 151 Å². The van der Waals surface area contributed by atoms with Gasteiger partial charge < -0.3 is 50.5 Å². The van der Waals surface area contributed by atoms with Crippen LogP contribution in [0, 0.1) is 48.9 Å². The first-order chi connectivity index (χ1) is 50.3. The summed E-state index contributed by atoms with van der Waals surface area (Å²) in [6.07, 6.45) is 1.70. The molecule has 0 bridgehead atoms. The summed E-state index contributed by atoms with van der Waals surface area (Å²) in [4.78, 5) is 110. The van der Waals surface area contributed by atoms with Gasteiger partial charge in [0, 0.05) is 71.4 Å². The van der Waals surface area contributed by atoms with Crippen molar-refractivity contribution in [3.8, 4) is 0 Å². The molecule has 28 nitrogen and oxygen atoms in total. The van der Waals surface area contributed by atoms with Gasteiger partial charge in [-0.2, -0.15) is 29.8 Å². The number of anilines is 1. The maximum atomic E-state index is 13.0. The Hall–Kier alpha value is -6.96. The number of carbonyl (C=O) groups is 9. The van der Waals surface area contributed by atoms with Crippen LogP contribution in [0.4, 0.5) is 5.69 Å². The number of esters is 4. The number of carboxylic acids is 2. The molecule has 0 saturated carbocycles. The summed E-state index contributed by atoms with van der Waals surface area (Å²) in [6.45, 7) is 8.37. The summed E-state index contributed by atoms with van der Waals surface area (Å²) in [5, 5.41) is 51.8. The molecule has 0 spiro atoms. The largest absolute Gasteiger partial charge is 1.00 e. The van der Waals surface area contributed by atoms with Gasteiger partial charge in [-0.1, -0.05) is 83.3 Å². The summed E-state index contributed by atoms with van der Waals surface area (Å²) in [5.41, 5.74) is 15.2. The number of nitrogens with two attached hydrogens (primary N) is 1. The van der Waals surface area contributed by atoms with Gasteiger partial charge in [0.05, 0.1) is 116 Å². The molecule has 0 atom stereocenters. The van der Waals surface area contributed by atoms with E-state index in [4.69, 9.17) is 82.0 Å². The number of nitrogen functional groups attached to an aromatic ring is 1. The van der Waals surface area contributed by atoms with Crippen LogP contribution in [0.25, 0.3) is 43.6 Å². The van der Waals surface area contributed by atoms with E-state index in [9.17, 15) is 38.4 Å². The van der Waals surface area contributed by atoms with Gasteiger partial charge in [0.25, 0.3) is 23.0 Å². The smallest absolute Gasteiger partial charge is 0.870 e. The van der Waals surface area contributed by atoms with Crippen LogP contribution in [0.1, 0.15) is 112 Å². The second-order valence-corrected chi connectivity index (χ2v) is 25.6. The summed E-state index contributed by atoms with van der Waals surface area (Å²) in [7, 11) is 5.38. The number of aliphatic carboxylic acids is 1. The number of nitrogens with one attached hydrogen (secondary N) is 2. The van der Waals surface area contributed by atoms with Gasteiger partial charge in [0.2, 0.25) is 0 Å². The fourth-order valence-corrected chi connectivity index (χ4v) is 12.2. The van der Waals surface area contributed by atoms with Gasteiger partial charge in [-0.15, -0.1) is 5.34 Å². The molecule has 0 amide bonds. The molecule has 4 heterocycles. The quantitative estimate of drug-likeness (QED) is 0.0138. The van der Waals surface area contributed by atoms with E-state index in [1.165, 1.54) is 49.9 Å². The number of aryl methyl sites for hydroxylation is 4. The monoisotopic (exact) mass is 2130 g/mol. The molecule has 39 heteroatoms. The molecule has 0 saturated heterocycles. The summed E-state index contributed by atoms with van der Waals surface area (Å²) in [5.74, 6) is -4.13. The van der Waals surface area contributed by atoms with Crippen molar-refractivity contribution in [2.24, 2.45) is 5.34 Å². The summed E-state index contributed by atoms with van der Waals surface area (Å²) >= 11 is 33.8. The fourth-order valence-electron chi connectivity index (χ4n) is 9.03. The molecule has 0 aliphatic carbocycles. The van der Waals surface area contributed by atoms with Crippen LogP contribution in [0.5, 0.6) is 0 Å². The number of carboxylic acid groups (broad SMARTS) is 2. The number of aromatic amines is 2. The molecule has 4 aromatic heterocycles. The minimum absolute atomic E-state index is 0. The van der Waals surface area contributed by atoms with E-state index in [-0.39, 0.29) is 89.2 Å². The Balaban J connectivity index is 0.000000650. The second kappa shape index (κ2) is 49.4. The standard InChI is InChI=1S/C17H12ClIN2O3.C16H10ClIN2O3.C9H7IN2O2.C9H8N2O2.C9H11NO2.C8H6Cl2O.C2H4O2.I2.Li.HNO2.Na.H2O/c1-9-4-3-5-12(18)14(9)16(22)21-13-8-10(17(23)24-2)6-7-11(13)15(19)20-21;1-8-3-2-4-11(17)13(8)15(21)20-12-7-9(16(22)23)5-6-10(12)14(18)19-20;1-14-9(13)5-2-3-6-7(4-5)11-12-8(6)10;1-13-9(12)6-2-3-7-5-10-11-8(7)4-6;1-6-3-4-7(5-8(6)10)9(11)12-2;1-5-3-2-4-6(9)7(5)8(10)11;1-2(3)4;1-2;;2-1-3;;/h3-8H,1-2H3;2-7H,1H3,(H,22,23);2-4H,1H3,(H,11,12);2-5H,1H3,(H,10,11);3-5H,10H2,1-2H3;2-4H,1H3;1H3,(H,3,4);;;(H,2,3);;1H2/q;;;;;;;;+1;;+1;/p-2. The van der Waals surface area contributed by atoms with Gasteiger partial charge in [-0.3, -0.25) is 29.4 Å². The average molecular weight is 2130 g/mol. The maximum absolute atomic E-state index is 13.0. The number of ether oxygens (including phenoxy) is 4. The van der Waals surface area contributed by atoms with Gasteiger partial charge in [-0.05, 0) is 226 Å². The topological polar surface area (TPSA) is 433 Å². The number of halogens is 9. The van der Waals surface area contributed by atoms with Crippen LogP contribution in [0.2, 0.25) is 15.1 Å². The van der Waals surface area contributed by atoms with Gasteiger partial charge >= 0.3 is 78.3 Å². The van der Waals surface area contributed by atoms with Crippen molar-refractivity contribution in [2.45, 2.75) is 34.6 Å². The number of benzene rings is 8. The zero-order chi connectivity index (χ0) is 79.4. The van der Waals surface area contributed by atoms with Crippen molar-refractivity contribution >= 4 is 254 Å². The van der Waals surface area contributed by atoms with Crippen LogP contribution in [0.3, 0.4) is 0 Å². The Morgan fingerprint density at radius 1 is 0.532 bits per heavy atom. The van der Waals surface area contributed by atoms with E-state index in [1.54, 1.807) is 135 Å². The molecule has 0 radical (unpaired) electrons. The Kier molecular flexibility index (Phi) is 45.4. The number of carbonyl (C=O) groups excluding carboxylic acids is 7. The number of rotatable bonds is 8. The molecule has 0 aliphatic heterocycles. The van der Waals surface area contributed by atoms with E-state index in [1.807, 2.05) is 54.6 Å². The molecule has 12 rings (SSSR count). The van der Waals surface area contributed by atoms with Crippen LogP contribution in [0.15, 0.2) is 157 Å². The molecule has 12 aromatic rings. The Morgan fingerprint density at radius 2 is 0.890 bits per heavy atom. The van der Waals surface area contributed by atoms with Gasteiger partial charge in [0.15, 0.2) is 0 Å². The first kappa shape index (κ1) is 100. The minimum Gasteiger partial charge on any atom is -0.870 e. The third-order valence-electron chi connectivity index (χ3n) is 14.1. The SMILES string of the molecule is CC(=O)O.COC(=O)c1ccc(C)c(N)c1.COC(=O)c1ccc2c(I)[nH]nc2c1.COC(=O)c1ccc2c(I)nn(C(=O)c3c(C)cccc3Cl)c2c1.COC(=O)c1ccc2cn[nH]c2c1.Cc1cccc(Cl)c1C(=O)Cl.Cc1cccc(Cl)c1C(=O)n1nc(I)c2ccc(C(=O)O)cc21.II.O=N[O-].[Li+].[Na+].[OH-]. The Bertz CT molecular complexity index is 5180.